The molecule has 0 saturated carbocycles. The standard InChI is InChI=1S/C26H34N4O5S/c1-26(2,3)35-25(33)30(22(15-16-36-7)24(32)34-6)23(31)18-9-8-10-20(17-18)28-27-19-11-13-21(14-12-19)29(4)5/h8-14,17,22H,15-16H2,1-7H3/t22-/m0/s1. The highest BCUT2D eigenvalue weighted by atomic mass is 32.2. The van der Waals surface area contributed by atoms with Crippen molar-refractivity contribution in [3.63, 3.8) is 0 Å². The Bertz CT molecular complexity index is 1080. The van der Waals surface area contributed by atoms with Gasteiger partial charge in [-0.1, -0.05) is 6.07 Å². The first-order chi connectivity index (χ1) is 17.0. The Hall–Kier alpha value is -3.40. The van der Waals surface area contributed by atoms with E-state index < -0.39 is 29.6 Å². The molecule has 10 heteroatoms. The van der Waals surface area contributed by atoms with E-state index in [0.717, 1.165) is 10.6 Å². The number of azo groups is 1. The molecule has 2 aromatic rings. The number of hydrogen-bond donors (Lipinski definition) is 0. The van der Waals surface area contributed by atoms with E-state index in [2.05, 4.69) is 10.2 Å². The summed E-state index contributed by atoms with van der Waals surface area (Å²) >= 11 is 1.49. The fourth-order valence-electron chi connectivity index (χ4n) is 3.15. The third kappa shape index (κ3) is 8.37. The normalized spacial score (nSPS) is 12.2. The third-order valence-corrected chi connectivity index (χ3v) is 5.57. The van der Waals surface area contributed by atoms with Crippen LogP contribution in [0.15, 0.2) is 58.8 Å². The maximum absolute atomic E-state index is 13.6. The summed E-state index contributed by atoms with van der Waals surface area (Å²) in [5, 5.41) is 8.47. The number of rotatable bonds is 9. The van der Waals surface area contributed by atoms with Crippen molar-refractivity contribution in [2.75, 3.05) is 38.1 Å². The van der Waals surface area contributed by atoms with Gasteiger partial charge >= 0.3 is 12.1 Å². The lowest BCUT2D eigenvalue weighted by molar-refractivity contribution is -0.146. The number of benzene rings is 2. The van der Waals surface area contributed by atoms with Gasteiger partial charge in [0.1, 0.15) is 11.6 Å². The van der Waals surface area contributed by atoms with Gasteiger partial charge in [-0.15, -0.1) is 0 Å². The zero-order valence-electron chi connectivity index (χ0n) is 21.8. The number of methoxy groups -OCH3 is 1. The van der Waals surface area contributed by atoms with Crippen LogP contribution in [0.5, 0.6) is 0 Å². The summed E-state index contributed by atoms with van der Waals surface area (Å²) in [7, 11) is 5.12. The van der Waals surface area contributed by atoms with E-state index in [1.807, 2.05) is 49.5 Å². The summed E-state index contributed by atoms with van der Waals surface area (Å²) in [6.07, 6.45) is 1.18. The molecule has 0 saturated heterocycles. The van der Waals surface area contributed by atoms with Gasteiger partial charge in [-0.3, -0.25) is 4.79 Å². The molecule has 9 nitrogen and oxygen atoms in total. The van der Waals surface area contributed by atoms with E-state index >= 15 is 0 Å². The molecule has 36 heavy (non-hydrogen) atoms. The second-order valence-electron chi connectivity index (χ2n) is 9.14. The smallest absolute Gasteiger partial charge is 0.418 e. The topological polar surface area (TPSA) is 101 Å². The lowest BCUT2D eigenvalue weighted by Gasteiger charge is -2.30. The Balaban J connectivity index is 2.38. The van der Waals surface area contributed by atoms with Gasteiger partial charge in [-0.05, 0) is 81.7 Å². The van der Waals surface area contributed by atoms with Crippen molar-refractivity contribution in [3.05, 3.63) is 54.1 Å². The lowest BCUT2D eigenvalue weighted by Crippen LogP contribution is -2.51. The molecular formula is C26H34N4O5S. The van der Waals surface area contributed by atoms with Gasteiger partial charge in [-0.2, -0.15) is 22.0 Å². The van der Waals surface area contributed by atoms with Crippen LogP contribution in [0.2, 0.25) is 0 Å². The molecule has 0 aromatic heterocycles. The third-order valence-electron chi connectivity index (χ3n) is 4.93. The van der Waals surface area contributed by atoms with Crippen LogP contribution in [-0.2, 0) is 14.3 Å². The minimum Gasteiger partial charge on any atom is -0.467 e. The number of carbonyl (C=O) groups excluding carboxylic acids is 3. The fourth-order valence-corrected chi connectivity index (χ4v) is 3.61. The van der Waals surface area contributed by atoms with Crippen LogP contribution in [0, 0.1) is 0 Å². The Labute approximate surface area is 216 Å². The van der Waals surface area contributed by atoms with E-state index in [-0.39, 0.29) is 12.0 Å². The molecular weight excluding hydrogens is 480 g/mol. The van der Waals surface area contributed by atoms with Crippen molar-refractivity contribution in [3.8, 4) is 0 Å². The highest BCUT2D eigenvalue weighted by Gasteiger charge is 2.38. The SMILES string of the molecule is COC(=O)[C@H](CCSC)N(C(=O)OC(C)(C)C)C(=O)c1cccc(N=Nc2ccc(N(C)C)cc2)c1. The molecule has 2 aromatic carbocycles. The van der Waals surface area contributed by atoms with Gasteiger partial charge in [0.05, 0.1) is 18.5 Å². The Morgan fingerprint density at radius 3 is 2.19 bits per heavy atom. The van der Waals surface area contributed by atoms with Crippen molar-refractivity contribution in [1.29, 1.82) is 0 Å². The summed E-state index contributed by atoms with van der Waals surface area (Å²) in [6.45, 7) is 5.07. The van der Waals surface area contributed by atoms with E-state index in [4.69, 9.17) is 9.47 Å². The van der Waals surface area contributed by atoms with E-state index in [0.29, 0.717) is 17.1 Å². The molecule has 2 amide bonds. The van der Waals surface area contributed by atoms with Crippen LogP contribution in [-0.4, -0.2) is 67.7 Å². The summed E-state index contributed by atoms with van der Waals surface area (Å²) in [5.74, 6) is -0.846. The van der Waals surface area contributed by atoms with Gasteiger partial charge in [0, 0.05) is 25.3 Å². The maximum Gasteiger partial charge on any atom is 0.418 e. The number of carbonyl (C=O) groups is 3. The summed E-state index contributed by atoms with van der Waals surface area (Å²) in [5.41, 5.74) is 1.40. The first-order valence-electron chi connectivity index (χ1n) is 11.4. The molecule has 0 aliphatic carbocycles. The molecule has 2 rings (SSSR count). The van der Waals surface area contributed by atoms with Crippen LogP contribution in [0.4, 0.5) is 21.9 Å². The molecule has 0 N–H and O–H groups in total. The number of ether oxygens (including phenoxy) is 2. The molecule has 194 valence electrons. The second-order valence-corrected chi connectivity index (χ2v) is 10.1. The van der Waals surface area contributed by atoms with Crippen LogP contribution in [0.3, 0.4) is 0 Å². The first-order valence-corrected chi connectivity index (χ1v) is 12.8. The molecule has 0 spiro atoms. The van der Waals surface area contributed by atoms with Gasteiger partial charge < -0.3 is 14.4 Å². The molecule has 0 aliphatic rings. The van der Waals surface area contributed by atoms with E-state index in [1.54, 1.807) is 39.0 Å². The highest BCUT2D eigenvalue weighted by Crippen LogP contribution is 2.24. The molecule has 0 unspecified atom stereocenters. The lowest BCUT2D eigenvalue weighted by atomic mass is 10.1. The molecule has 1 atom stereocenters. The largest absolute Gasteiger partial charge is 0.467 e. The van der Waals surface area contributed by atoms with Crippen LogP contribution >= 0.6 is 11.8 Å². The molecule has 0 heterocycles. The average molecular weight is 515 g/mol. The zero-order valence-corrected chi connectivity index (χ0v) is 22.7. The van der Waals surface area contributed by atoms with Gasteiger partial charge in [0.15, 0.2) is 0 Å². The van der Waals surface area contributed by atoms with Crippen LogP contribution in [0.1, 0.15) is 37.6 Å². The van der Waals surface area contributed by atoms with E-state index in [9.17, 15) is 14.4 Å². The van der Waals surface area contributed by atoms with Gasteiger partial charge in [0.25, 0.3) is 5.91 Å². The highest BCUT2D eigenvalue weighted by molar-refractivity contribution is 7.98. The van der Waals surface area contributed by atoms with Crippen molar-refractivity contribution < 1.29 is 23.9 Å². The van der Waals surface area contributed by atoms with Crippen molar-refractivity contribution in [2.24, 2.45) is 10.2 Å². The van der Waals surface area contributed by atoms with Crippen LogP contribution in [0.25, 0.3) is 0 Å². The van der Waals surface area contributed by atoms with Gasteiger partial charge in [-0.25, -0.2) is 14.5 Å². The first kappa shape index (κ1) is 28.8. The molecule has 0 fully saturated rings. The average Bonchev–Trinajstić information content (AvgIpc) is 2.83. The number of nitrogens with zero attached hydrogens (tertiary/aromatic N) is 4. The van der Waals surface area contributed by atoms with Crippen molar-refractivity contribution >= 4 is 46.8 Å². The second kappa shape index (κ2) is 13.1. The zero-order chi connectivity index (χ0) is 26.9. The van der Waals surface area contributed by atoms with Crippen LogP contribution < -0.4 is 4.90 Å². The summed E-state index contributed by atoms with van der Waals surface area (Å²) in [6, 6.07) is 12.8. The number of imide groups is 1. The molecule has 0 aliphatic heterocycles. The van der Waals surface area contributed by atoms with E-state index in [1.165, 1.54) is 24.9 Å². The predicted octanol–water partition coefficient (Wildman–Crippen LogP) is 5.84. The molecule has 0 radical (unpaired) electrons. The number of anilines is 1. The predicted molar refractivity (Wildman–Crippen MR) is 143 cm³/mol. The van der Waals surface area contributed by atoms with Crippen molar-refractivity contribution in [2.45, 2.75) is 38.8 Å². The summed E-state index contributed by atoms with van der Waals surface area (Å²) in [4.78, 5) is 42.1. The Morgan fingerprint density at radius 1 is 1.00 bits per heavy atom. The number of hydrogen-bond acceptors (Lipinski definition) is 9. The number of amides is 2. The minimum absolute atomic E-state index is 0.165. The Kier molecular flexibility index (Phi) is 10.5. The monoisotopic (exact) mass is 514 g/mol. The van der Waals surface area contributed by atoms with Crippen molar-refractivity contribution in [1.82, 2.24) is 4.90 Å². The maximum atomic E-state index is 13.6. The fraction of sp³-hybridized carbons (Fsp3) is 0.423. The minimum atomic E-state index is -1.13. The summed E-state index contributed by atoms with van der Waals surface area (Å²) < 4.78 is 10.4. The quantitative estimate of drug-likeness (QED) is 0.306. The molecule has 0 bridgehead atoms. The number of esters is 1. The van der Waals surface area contributed by atoms with Gasteiger partial charge in [0.2, 0.25) is 0 Å². The Morgan fingerprint density at radius 2 is 1.64 bits per heavy atom. The number of thioether (sulfide) groups is 1.